The number of hydrogen-bond donors (Lipinski definition) is 0. The van der Waals surface area contributed by atoms with Gasteiger partial charge in [-0.2, -0.15) is 10.4 Å². The average Bonchev–Trinajstić information content (AvgIpc) is 2.44. The van der Waals surface area contributed by atoms with Gasteiger partial charge in [-0.3, -0.25) is 4.68 Å². The maximum Gasteiger partial charge on any atom is 0.122 e. The third-order valence-electron chi connectivity index (χ3n) is 2.35. The smallest absolute Gasteiger partial charge is 0.122 e. The molecule has 0 aromatic carbocycles. The van der Waals surface area contributed by atoms with Gasteiger partial charge in [0.2, 0.25) is 0 Å². The Morgan fingerprint density at radius 2 is 2.54 bits per heavy atom. The lowest BCUT2D eigenvalue weighted by atomic mass is 9.94. The molecular formula is C9H11N3O. The van der Waals surface area contributed by atoms with Crippen molar-refractivity contribution < 1.29 is 4.74 Å². The summed E-state index contributed by atoms with van der Waals surface area (Å²) in [5, 5.41) is 12.9. The summed E-state index contributed by atoms with van der Waals surface area (Å²) in [6.45, 7) is 3.19. The highest BCUT2D eigenvalue weighted by Crippen LogP contribution is 2.29. The predicted octanol–water partition coefficient (Wildman–Crippen LogP) is 0.831. The number of aryl methyl sites for hydroxylation is 1. The summed E-state index contributed by atoms with van der Waals surface area (Å²) in [5.41, 5.74) is 0.924. The second-order valence-electron chi connectivity index (χ2n) is 3.51. The average molecular weight is 177 g/mol. The molecule has 4 heteroatoms. The van der Waals surface area contributed by atoms with Crippen LogP contribution in [0.1, 0.15) is 12.0 Å². The molecule has 0 atom stereocenters. The Kier molecular flexibility index (Phi) is 1.82. The summed E-state index contributed by atoms with van der Waals surface area (Å²) in [4.78, 5) is 0. The van der Waals surface area contributed by atoms with Crippen LogP contribution in [0.4, 0.5) is 0 Å². The maximum absolute atomic E-state index is 8.69. The van der Waals surface area contributed by atoms with Gasteiger partial charge >= 0.3 is 0 Å². The normalized spacial score (nSPS) is 19.1. The van der Waals surface area contributed by atoms with Crippen molar-refractivity contribution in [1.29, 1.82) is 5.26 Å². The summed E-state index contributed by atoms with van der Waals surface area (Å²) in [6, 6.07) is 2.18. The Morgan fingerprint density at radius 3 is 2.92 bits per heavy atom. The SMILES string of the molecule is Cc1cnn(C2(CC#N)COC2)c1. The number of rotatable bonds is 2. The highest BCUT2D eigenvalue weighted by atomic mass is 16.5. The molecule has 0 N–H and O–H groups in total. The Balaban J connectivity index is 2.27. The molecule has 4 nitrogen and oxygen atoms in total. The lowest BCUT2D eigenvalue weighted by Crippen LogP contribution is -2.51. The van der Waals surface area contributed by atoms with Crippen molar-refractivity contribution in [3.8, 4) is 6.07 Å². The second-order valence-corrected chi connectivity index (χ2v) is 3.51. The van der Waals surface area contributed by atoms with E-state index in [1.807, 2.05) is 17.8 Å². The summed E-state index contributed by atoms with van der Waals surface area (Å²) in [7, 11) is 0. The van der Waals surface area contributed by atoms with E-state index in [2.05, 4.69) is 11.2 Å². The molecule has 0 saturated carbocycles. The number of ether oxygens (including phenoxy) is 1. The number of aromatic nitrogens is 2. The zero-order valence-electron chi connectivity index (χ0n) is 7.53. The van der Waals surface area contributed by atoms with Crippen LogP contribution in [-0.2, 0) is 10.3 Å². The van der Waals surface area contributed by atoms with Gasteiger partial charge in [-0.05, 0) is 12.5 Å². The van der Waals surface area contributed by atoms with Crippen molar-refractivity contribution in [1.82, 2.24) is 9.78 Å². The molecule has 0 amide bonds. The van der Waals surface area contributed by atoms with Crippen molar-refractivity contribution in [2.45, 2.75) is 18.9 Å². The fourth-order valence-electron chi connectivity index (χ4n) is 1.47. The summed E-state index contributed by atoms with van der Waals surface area (Å²) >= 11 is 0. The van der Waals surface area contributed by atoms with Gasteiger partial charge in [0.05, 0.1) is 31.9 Å². The van der Waals surface area contributed by atoms with E-state index in [9.17, 15) is 0 Å². The van der Waals surface area contributed by atoms with Crippen LogP contribution >= 0.6 is 0 Å². The molecule has 68 valence electrons. The predicted molar refractivity (Wildman–Crippen MR) is 46.0 cm³/mol. The van der Waals surface area contributed by atoms with Crippen LogP contribution in [0.15, 0.2) is 12.4 Å². The van der Waals surface area contributed by atoms with Gasteiger partial charge in [0.15, 0.2) is 0 Å². The molecule has 0 radical (unpaired) electrons. The fourth-order valence-corrected chi connectivity index (χ4v) is 1.47. The highest BCUT2D eigenvalue weighted by molar-refractivity contribution is 5.06. The lowest BCUT2D eigenvalue weighted by Gasteiger charge is -2.39. The summed E-state index contributed by atoms with van der Waals surface area (Å²) in [6.07, 6.45) is 4.23. The Morgan fingerprint density at radius 1 is 1.77 bits per heavy atom. The van der Waals surface area contributed by atoms with E-state index in [0.717, 1.165) is 5.56 Å². The first kappa shape index (κ1) is 8.27. The van der Waals surface area contributed by atoms with Gasteiger partial charge in [-0.1, -0.05) is 0 Å². The summed E-state index contributed by atoms with van der Waals surface area (Å²) in [5.74, 6) is 0. The molecule has 1 aliphatic heterocycles. The third kappa shape index (κ3) is 1.21. The van der Waals surface area contributed by atoms with Gasteiger partial charge in [0.25, 0.3) is 0 Å². The monoisotopic (exact) mass is 177 g/mol. The van der Waals surface area contributed by atoms with E-state index in [4.69, 9.17) is 10.00 Å². The Labute approximate surface area is 76.7 Å². The van der Waals surface area contributed by atoms with Gasteiger partial charge in [-0.25, -0.2) is 0 Å². The molecule has 0 spiro atoms. The Hall–Kier alpha value is -1.34. The quantitative estimate of drug-likeness (QED) is 0.672. The number of nitriles is 1. The molecule has 0 aliphatic carbocycles. The number of nitrogens with zero attached hydrogens (tertiary/aromatic N) is 3. The molecular weight excluding hydrogens is 166 g/mol. The minimum atomic E-state index is -0.191. The van der Waals surface area contributed by atoms with Crippen LogP contribution in [0.25, 0.3) is 0 Å². The van der Waals surface area contributed by atoms with Crippen molar-refractivity contribution >= 4 is 0 Å². The molecule has 13 heavy (non-hydrogen) atoms. The van der Waals surface area contributed by atoms with E-state index >= 15 is 0 Å². The van der Waals surface area contributed by atoms with Gasteiger partial charge < -0.3 is 4.74 Å². The fraction of sp³-hybridized carbons (Fsp3) is 0.556. The van der Waals surface area contributed by atoms with Gasteiger partial charge in [0, 0.05) is 6.20 Å². The van der Waals surface area contributed by atoms with Crippen molar-refractivity contribution in [2.24, 2.45) is 0 Å². The molecule has 1 saturated heterocycles. The molecule has 2 rings (SSSR count). The molecule has 2 heterocycles. The highest BCUT2D eigenvalue weighted by Gasteiger charge is 2.41. The molecule has 1 aliphatic rings. The van der Waals surface area contributed by atoms with E-state index in [-0.39, 0.29) is 5.54 Å². The molecule has 1 fully saturated rings. The molecule has 0 bridgehead atoms. The van der Waals surface area contributed by atoms with Gasteiger partial charge in [0.1, 0.15) is 5.54 Å². The minimum Gasteiger partial charge on any atom is -0.376 e. The largest absolute Gasteiger partial charge is 0.376 e. The first-order valence-corrected chi connectivity index (χ1v) is 4.23. The van der Waals surface area contributed by atoms with E-state index < -0.39 is 0 Å². The first-order chi connectivity index (χ1) is 6.27. The zero-order chi connectivity index (χ0) is 9.31. The minimum absolute atomic E-state index is 0.191. The van der Waals surface area contributed by atoms with Crippen molar-refractivity contribution in [2.75, 3.05) is 13.2 Å². The maximum atomic E-state index is 8.69. The van der Waals surface area contributed by atoms with Crippen LogP contribution in [0.5, 0.6) is 0 Å². The van der Waals surface area contributed by atoms with Crippen LogP contribution in [0.3, 0.4) is 0 Å². The molecule has 1 aromatic rings. The van der Waals surface area contributed by atoms with Crippen LogP contribution in [0, 0.1) is 18.3 Å². The number of hydrogen-bond acceptors (Lipinski definition) is 3. The first-order valence-electron chi connectivity index (χ1n) is 4.23. The van der Waals surface area contributed by atoms with E-state index in [1.165, 1.54) is 0 Å². The Bertz CT molecular complexity index is 346. The zero-order valence-corrected chi connectivity index (χ0v) is 7.53. The molecule has 1 aromatic heterocycles. The topological polar surface area (TPSA) is 50.8 Å². The van der Waals surface area contributed by atoms with Crippen molar-refractivity contribution in [3.05, 3.63) is 18.0 Å². The van der Waals surface area contributed by atoms with Gasteiger partial charge in [-0.15, -0.1) is 0 Å². The standard InChI is InChI=1S/C9H11N3O/c1-8-4-11-12(5-8)9(2-3-10)6-13-7-9/h4-5H,2,6-7H2,1H3. The van der Waals surface area contributed by atoms with Crippen molar-refractivity contribution in [3.63, 3.8) is 0 Å². The molecule has 0 unspecified atom stereocenters. The lowest BCUT2D eigenvalue weighted by molar-refractivity contribution is -0.104. The van der Waals surface area contributed by atoms with Crippen LogP contribution in [-0.4, -0.2) is 23.0 Å². The van der Waals surface area contributed by atoms with E-state index in [1.54, 1.807) is 6.20 Å². The summed E-state index contributed by atoms with van der Waals surface area (Å²) < 4.78 is 7.00. The second kappa shape index (κ2) is 2.86. The van der Waals surface area contributed by atoms with Crippen LogP contribution < -0.4 is 0 Å². The van der Waals surface area contributed by atoms with E-state index in [0.29, 0.717) is 19.6 Å². The van der Waals surface area contributed by atoms with Crippen LogP contribution in [0.2, 0.25) is 0 Å². The third-order valence-corrected chi connectivity index (χ3v) is 2.35.